The lowest BCUT2D eigenvalue weighted by molar-refractivity contribution is -0.870. The second-order valence-electron chi connectivity index (χ2n) is 25.5. The monoisotopic (exact) mass is 1300 g/mol. The van der Waals surface area contributed by atoms with Crippen LogP contribution in [0.1, 0.15) is 296 Å². The predicted molar refractivity (Wildman–Crippen MR) is 397 cm³/mol. The van der Waals surface area contributed by atoms with Crippen LogP contribution in [-0.2, 0) is 32.7 Å². The van der Waals surface area contributed by atoms with Gasteiger partial charge in [-0.2, -0.15) is 0 Å². The van der Waals surface area contributed by atoms with E-state index >= 15 is 0 Å². The molecular formula is C82H138NO8P. The first kappa shape index (κ1) is 87.6. The predicted octanol–water partition coefficient (Wildman–Crippen LogP) is 24.1. The standard InChI is InChI=1S/C82H138NO8P/c1-6-8-10-12-14-16-18-20-22-24-26-28-30-32-34-36-38-39-40-41-42-43-45-47-49-51-53-55-57-59-61-63-65-67-69-71-73-75-82(85)91-80(79-90-92(86,87)89-77-76-83(3,4)5)78-88-81(84)74-72-70-68-66-64-62-60-58-56-54-52-50-48-46-44-37-35-33-31-29-27-25-23-21-19-17-15-13-11-9-7-2/h8-11,14-17,20-23,26-29,32,34,38-39,41-42,45,47,51,53,80H,6-7,12-13,18-19,24-25,30-31,33,35-37,40,43-44,46,48-50,52,54-79H2,1-5H3/b10-8-,11-9-,16-14-,17-15-,22-20-,23-21-,28-26-,29-27-,34-32-,39-38-,42-41-,47-45-,53-51-. The third-order valence-electron chi connectivity index (χ3n) is 15.5. The Morgan fingerprint density at radius 1 is 0.337 bits per heavy atom. The fraction of sp³-hybridized carbons (Fsp3) is 0.659. The first-order chi connectivity index (χ1) is 45.0. The number of unbranched alkanes of at least 4 members (excludes halogenated alkanes) is 27. The van der Waals surface area contributed by atoms with Crippen LogP contribution in [-0.4, -0.2) is 70.0 Å². The normalized spacial score (nSPS) is 14.0. The Morgan fingerprint density at radius 3 is 0.870 bits per heavy atom. The Bertz CT molecular complexity index is 2110. The van der Waals surface area contributed by atoms with Gasteiger partial charge >= 0.3 is 11.9 Å². The van der Waals surface area contributed by atoms with Crippen LogP contribution in [0.15, 0.2) is 158 Å². The van der Waals surface area contributed by atoms with Crippen molar-refractivity contribution < 1.29 is 42.1 Å². The summed E-state index contributed by atoms with van der Waals surface area (Å²) in [7, 11) is 1.15. The molecule has 0 amide bonds. The number of hydrogen-bond donors (Lipinski definition) is 0. The number of ether oxygens (including phenoxy) is 2. The minimum atomic E-state index is -4.66. The van der Waals surface area contributed by atoms with Crippen LogP contribution in [0.2, 0.25) is 0 Å². The summed E-state index contributed by atoms with van der Waals surface area (Å²) in [6.45, 7) is 4.02. The Balaban J connectivity index is 4.07. The molecule has 0 aromatic rings. The molecule has 0 aliphatic carbocycles. The highest BCUT2D eigenvalue weighted by atomic mass is 31.2. The van der Waals surface area contributed by atoms with Crippen LogP contribution >= 0.6 is 7.82 Å². The summed E-state index contributed by atoms with van der Waals surface area (Å²) in [6, 6.07) is 0. The number of likely N-dealkylation sites (N-methyl/N-ethyl adjacent to an activating group) is 1. The molecule has 0 radical (unpaired) electrons. The molecule has 0 aliphatic rings. The molecule has 9 nitrogen and oxygen atoms in total. The lowest BCUT2D eigenvalue weighted by atomic mass is 10.0. The van der Waals surface area contributed by atoms with E-state index in [4.69, 9.17) is 18.5 Å². The van der Waals surface area contributed by atoms with E-state index in [0.29, 0.717) is 17.4 Å². The number of carbonyl (C=O) groups excluding carboxylic acids is 2. The Morgan fingerprint density at radius 2 is 0.587 bits per heavy atom. The largest absolute Gasteiger partial charge is 0.756 e. The second-order valence-corrected chi connectivity index (χ2v) is 27.0. The van der Waals surface area contributed by atoms with E-state index in [2.05, 4.69) is 172 Å². The van der Waals surface area contributed by atoms with E-state index in [1.54, 1.807) is 0 Å². The number of rotatable bonds is 67. The number of hydrogen-bond acceptors (Lipinski definition) is 8. The lowest BCUT2D eigenvalue weighted by Crippen LogP contribution is -2.37. The van der Waals surface area contributed by atoms with Crippen LogP contribution in [0.5, 0.6) is 0 Å². The van der Waals surface area contributed by atoms with Gasteiger partial charge in [-0.1, -0.05) is 320 Å². The molecule has 0 bridgehead atoms. The molecule has 0 saturated carbocycles. The Hall–Kier alpha value is -4.37. The maximum Gasteiger partial charge on any atom is 0.306 e. The van der Waals surface area contributed by atoms with Gasteiger partial charge in [-0.25, -0.2) is 0 Å². The highest BCUT2D eigenvalue weighted by Crippen LogP contribution is 2.38. The summed E-state index contributed by atoms with van der Waals surface area (Å²) < 4.78 is 34.4. The molecule has 524 valence electrons. The van der Waals surface area contributed by atoms with E-state index in [0.717, 1.165) is 128 Å². The molecule has 0 aromatic carbocycles. The second kappa shape index (κ2) is 70.9. The quantitative estimate of drug-likeness (QED) is 0.0195. The third kappa shape index (κ3) is 74.7. The Kier molecular flexibility index (Phi) is 67.6. The molecule has 0 heterocycles. The van der Waals surface area contributed by atoms with Gasteiger partial charge < -0.3 is 27.9 Å². The van der Waals surface area contributed by atoms with E-state index in [-0.39, 0.29) is 32.0 Å². The summed E-state index contributed by atoms with van der Waals surface area (Å²) in [6.07, 6.45) is 106. The first-order valence-electron chi connectivity index (χ1n) is 37.2. The average Bonchev–Trinajstić information content (AvgIpc) is 2.34. The molecule has 0 aromatic heterocycles. The van der Waals surface area contributed by atoms with E-state index in [9.17, 15) is 19.0 Å². The van der Waals surface area contributed by atoms with Crippen molar-refractivity contribution in [1.82, 2.24) is 0 Å². The zero-order valence-electron chi connectivity index (χ0n) is 59.7. The van der Waals surface area contributed by atoms with Crippen molar-refractivity contribution in [3.8, 4) is 0 Å². The van der Waals surface area contributed by atoms with Crippen molar-refractivity contribution in [2.75, 3.05) is 47.5 Å². The van der Waals surface area contributed by atoms with Crippen molar-refractivity contribution in [3.63, 3.8) is 0 Å². The summed E-state index contributed by atoms with van der Waals surface area (Å²) in [4.78, 5) is 38.1. The number of phosphoric ester groups is 1. The number of esters is 2. The fourth-order valence-corrected chi connectivity index (χ4v) is 10.7. The van der Waals surface area contributed by atoms with Gasteiger partial charge in [0.15, 0.2) is 6.10 Å². The third-order valence-corrected chi connectivity index (χ3v) is 16.5. The fourth-order valence-electron chi connectivity index (χ4n) is 9.94. The highest BCUT2D eigenvalue weighted by Gasteiger charge is 2.22. The van der Waals surface area contributed by atoms with Gasteiger partial charge in [0.05, 0.1) is 27.7 Å². The van der Waals surface area contributed by atoms with Crippen molar-refractivity contribution in [2.24, 2.45) is 0 Å². The van der Waals surface area contributed by atoms with E-state index in [1.165, 1.54) is 135 Å². The summed E-state index contributed by atoms with van der Waals surface area (Å²) >= 11 is 0. The van der Waals surface area contributed by atoms with Crippen molar-refractivity contribution >= 4 is 19.8 Å². The van der Waals surface area contributed by atoms with Gasteiger partial charge in [0.25, 0.3) is 7.82 Å². The number of nitrogens with zero attached hydrogens (tertiary/aromatic N) is 1. The first-order valence-corrected chi connectivity index (χ1v) is 38.7. The molecule has 0 rings (SSSR count). The molecule has 0 spiro atoms. The van der Waals surface area contributed by atoms with Crippen molar-refractivity contribution in [2.45, 2.75) is 302 Å². The molecule has 0 fully saturated rings. The SMILES string of the molecule is CC/C=C\C/C=C\C/C=C\C/C=C\C/C=C\C/C=C\C/C=C\C/C=C\C/C=C\CCCCCCCCCCCC(=O)OC(COC(=O)CCCCCCCCCCCCCCCCCCCC/C=C\C/C=C\C/C=C\C/C=C\CC)COP(=O)([O-])OCC[N+](C)(C)C. The topological polar surface area (TPSA) is 111 Å². The van der Waals surface area contributed by atoms with Gasteiger partial charge in [-0.05, 0) is 122 Å². The smallest absolute Gasteiger partial charge is 0.306 e. The number of allylic oxidation sites excluding steroid dienone is 26. The molecule has 2 unspecified atom stereocenters. The number of quaternary nitrogens is 1. The van der Waals surface area contributed by atoms with E-state index in [1.807, 2.05) is 21.1 Å². The maximum absolute atomic E-state index is 12.9. The number of carbonyl (C=O) groups is 2. The van der Waals surface area contributed by atoms with Crippen molar-refractivity contribution in [3.05, 3.63) is 158 Å². The number of phosphoric acid groups is 1. The van der Waals surface area contributed by atoms with E-state index < -0.39 is 26.5 Å². The minimum absolute atomic E-state index is 0.0382. The highest BCUT2D eigenvalue weighted by molar-refractivity contribution is 7.45. The van der Waals surface area contributed by atoms with Gasteiger partial charge in [0.1, 0.15) is 19.8 Å². The zero-order chi connectivity index (χ0) is 66.9. The van der Waals surface area contributed by atoms with Crippen LogP contribution in [0.3, 0.4) is 0 Å². The molecule has 2 atom stereocenters. The van der Waals surface area contributed by atoms with Gasteiger partial charge in [0, 0.05) is 12.8 Å². The van der Waals surface area contributed by atoms with Crippen LogP contribution in [0.25, 0.3) is 0 Å². The van der Waals surface area contributed by atoms with Crippen LogP contribution in [0, 0.1) is 0 Å². The molecule has 0 saturated heterocycles. The summed E-state index contributed by atoms with van der Waals surface area (Å²) in [5.41, 5.74) is 0. The van der Waals surface area contributed by atoms with Crippen LogP contribution < -0.4 is 4.89 Å². The average molecular weight is 1300 g/mol. The van der Waals surface area contributed by atoms with Crippen LogP contribution in [0.4, 0.5) is 0 Å². The minimum Gasteiger partial charge on any atom is -0.756 e. The summed E-state index contributed by atoms with van der Waals surface area (Å²) in [5, 5.41) is 0. The Labute approximate surface area is 566 Å². The molecule has 0 aliphatic heterocycles. The molecular weight excluding hydrogens is 1160 g/mol. The molecule has 10 heteroatoms. The molecule has 0 N–H and O–H groups in total. The molecule has 92 heavy (non-hydrogen) atoms. The maximum atomic E-state index is 12.9. The van der Waals surface area contributed by atoms with Crippen molar-refractivity contribution in [1.29, 1.82) is 0 Å². The van der Waals surface area contributed by atoms with Gasteiger partial charge in [0.2, 0.25) is 0 Å². The lowest BCUT2D eigenvalue weighted by Gasteiger charge is -2.28. The summed E-state index contributed by atoms with van der Waals surface area (Å²) in [5.74, 6) is -0.840. The van der Waals surface area contributed by atoms with Gasteiger partial charge in [-0.3, -0.25) is 14.2 Å². The van der Waals surface area contributed by atoms with Gasteiger partial charge in [-0.15, -0.1) is 0 Å². The zero-order valence-corrected chi connectivity index (χ0v) is 60.6.